The average Bonchev–Trinajstić information content (AvgIpc) is 2.79. The van der Waals surface area contributed by atoms with E-state index < -0.39 is 35.4 Å². The molecule has 1 amide bonds. The number of halogens is 2. The van der Waals surface area contributed by atoms with Crippen LogP contribution in [0.4, 0.5) is 8.78 Å². The fourth-order valence-corrected chi connectivity index (χ4v) is 3.65. The van der Waals surface area contributed by atoms with Gasteiger partial charge in [0.15, 0.2) is 11.5 Å². The number of amides is 1. The lowest BCUT2D eigenvalue weighted by Crippen LogP contribution is -2.48. The summed E-state index contributed by atoms with van der Waals surface area (Å²) < 4.78 is 27.4. The molecule has 0 fully saturated rings. The van der Waals surface area contributed by atoms with Crippen LogP contribution in [0.5, 0.6) is 11.5 Å². The Hall–Kier alpha value is -3.49. The van der Waals surface area contributed by atoms with Gasteiger partial charge in [0.05, 0.1) is 12.1 Å². The van der Waals surface area contributed by atoms with Crippen LogP contribution in [-0.4, -0.2) is 39.9 Å². The van der Waals surface area contributed by atoms with Gasteiger partial charge in [-0.05, 0) is 59.9 Å². The third-order valence-electron chi connectivity index (χ3n) is 5.48. The van der Waals surface area contributed by atoms with E-state index in [0.717, 1.165) is 36.2 Å². The van der Waals surface area contributed by atoms with E-state index >= 15 is 0 Å². The van der Waals surface area contributed by atoms with Gasteiger partial charge in [-0.2, -0.15) is 0 Å². The van der Waals surface area contributed by atoms with Crippen molar-refractivity contribution in [2.75, 3.05) is 6.54 Å². The number of aliphatic hydroxyl groups is 1. The number of aliphatic hydroxyl groups excluding tert-OH is 1. The lowest BCUT2D eigenvalue weighted by molar-refractivity contribution is 0.0829. The van der Waals surface area contributed by atoms with Crippen molar-refractivity contribution < 1.29 is 28.9 Å². The monoisotopic (exact) mass is 470 g/mol. The van der Waals surface area contributed by atoms with Crippen LogP contribution in [0.25, 0.3) is 0 Å². The van der Waals surface area contributed by atoms with Crippen molar-refractivity contribution in [3.05, 3.63) is 94.6 Å². The van der Waals surface area contributed by atoms with Gasteiger partial charge < -0.3 is 26.0 Å². The van der Waals surface area contributed by atoms with E-state index in [9.17, 15) is 28.9 Å². The number of phenols is 2. The first kappa shape index (κ1) is 25.1. The van der Waals surface area contributed by atoms with Crippen molar-refractivity contribution in [3.8, 4) is 11.5 Å². The zero-order valence-corrected chi connectivity index (χ0v) is 18.8. The van der Waals surface area contributed by atoms with E-state index in [1.54, 1.807) is 0 Å². The molecule has 8 heteroatoms. The van der Waals surface area contributed by atoms with Crippen molar-refractivity contribution in [2.45, 2.75) is 38.5 Å². The highest BCUT2D eigenvalue weighted by Crippen LogP contribution is 2.25. The van der Waals surface area contributed by atoms with Crippen LogP contribution in [-0.2, 0) is 19.4 Å². The fraction of sp³-hybridized carbons (Fsp3) is 0.269. The van der Waals surface area contributed by atoms with E-state index in [2.05, 4.69) is 23.6 Å². The molecule has 6 nitrogen and oxygen atoms in total. The standard InChI is InChI=1S/C26H28F2N2O4/c1-2-16-4-3-5-17(8-16)14-29-15-25(33)22(11-18-9-20(27)13-21(28)10-18)30-26(34)19-6-7-23(31)24(32)12-19/h3-10,12-13,22,25,29,31-33H,2,11,14-15H2,1H3,(H,30,34)/t22-,25-/m0/s1. The molecule has 0 aliphatic heterocycles. The Morgan fingerprint density at radius 2 is 1.62 bits per heavy atom. The second kappa shape index (κ2) is 11.6. The summed E-state index contributed by atoms with van der Waals surface area (Å²) in [6, 6.07) is 13.7. The summed E-state index contributed by atoms with van der Waals surface area (Å²) in [4.78, 5) is 12.7. The Kier molecular flexibility index (Phi) is 8.56. The minimum absolute atomic E-state index is 0.0291. The number of nitrogens with one attached hydrogen (secondary N) is 2. The smallest absolute Gasteiger partial charge is 0.251 e. The Bertz CT molecular complexity index is 1120. The van der Waals surface area contributed by atoms with Crippen molar-refractivity contribution >= 4 is 5.91 Å². The van der Waals surface area contributed by atoms with Crippen LogP contribution >= 0.6 is 0 Å². The molecule has 3 rings (SSSR count). The van der Waals surface area contributed by atoms with Gasteiger partial charge in [0.1, 0.15) is 11.6 Å². The number of rotatable bonds is 10. The average molecular weight is 471 g/mol. The molecule has 0 heterocycles. The first-order chi connectivity index (χ1) is 16.2. The van der Waals surface area contributed by atoms with Crippen LogP contribution in [0.2, 0.25) is 0 Å². The minimum atomic E-state index is -1.09. The van der Waals surface area contributed by atoms with Crippen LogP contribution < -0.4 is 10.6 Å². The molecular formula is C26H28F2N2O4. The molecule has 0 aliphatic carbocycles. The zero-order chi connectivity index (χ0) is 24.7. The Morgan fingerprint density at radius 3 is 2.29 bits per heavy atom. The second-order valence-corrected chi connectivity index (χ2v) is 8.14. The molecule has 3 aromatic carbocycles. The molecule has 0 spiro atoms. The molecule has 0 radical (unpaired) electrons. The second-order valence-electron chi connectivity index (χ2n) is 8.14. The highest BCUT2D eigenvalue weighted by molar-refractivity contribution is 5.95. The molecule has 0 bridgehead atoms. The molecule has 3 aromatic rings. The number of aromatic hydroxyl groups is 2. The number of carbonyl (C=O) groups is 1. The molecule has 0 saturated heterocycles. The van der Waals surface area contributed by atoms with Gasteiger partial charge in [-0.3, -0.25) is 4.79 Å². The van der Waals surface area contributed by atoms with Crippen molar-refractivity contribution in [1.29, 1.82) is 0 Å². The maximum atomic E-state index is 13.7. The normalized spacial score (nSPS) is 12.8. The van der Waals surface area contributed by atoms with Crippen LogP contribution in [0, 0.1) is 11.6 Å². The predicted octanol–water partition coefficient (Wildman–Crippen LogP) is 3.43. The molecule has 0 aromatic heterocycles. The number of aryl methyl sites for hydroxylation is 1. The summed E-state index contributed by atoms with van der Waals surface area (Å²) in [6.07, 6.45) is -0.212. The third kappa shape index (κ3) is 7.00. The summed E-state index contributed by atoms with van der Waals surface area (Å²) >= 11 is 0. The quantitative estimate of drug-likeness (QED) is 0.292. The Balaban J connectivity index is 1.72. The van der Waals surface area contributed by atoms with Crippen molar-refractivity contribution in [2.24, 2.45) is 0 Å². The number of phenolic OH excluding ortho intramolecular Hbond substituents is 2. The summed E-state index contributed by atoms with van der Waals surface area (Å²) in [7, 11) is 0. The number of carbonyl (C=O) groups excluding carboxylic acids is 1. The molecule has 0 unspecified atom stereocenters. The fourth-order valence-electron chi connectivity index (χ4n) is 3.65. The molecule has 180 valence electrons. The molecule has 34 heavy (non-hydrogen) atoms. The Morgan fingerprint density at radius 1 is 0.912 bits per heavy atom. The van der Waals surface area contributed by atoms with Gasteiger partial charge in [0, 0.05) is 24.7 Å². The third-order valence-corrected chi connectivity index (χ3v) is 5.48. The molecule has 0 aliphatic rings. The number of hydrogen-bond donors (Lipinski definition) is 5. The van der Waals surface area contributed by atoms with Gasteiger partial charge >= 0.3 is 0 Å². The van der Waals surface area contributed by atoms with Crippen molar-refractivity contribution in [1.82, 2.24) is 10.6 Å². The summed E-state index contributed by atoms with van der Waals surface area (Å²) in [5.74, 6) is -2.97. The summed E-state index contributed by atoms with van der Waals surface area (Å²) in [6.45, 7) is 2.67. The number of hydrogen-bond acceptors (Lipinski definition) is 5. The molecular weight excluding hydrogens is 442 g/mol. The lowest BCUT2D eigenvalue weighted by atomic mass is 10.00. The van der Waals surface area contributed by atoms with Gasteiger partial charge in [-0.1, -0.05) is 31.2 Å². The first-order valence-corrected chi connectivity index (χ1v) is 11.0. The predicted molar refractivity (Wildman–Crippen MR) is 125 cm³/mol. The van der Waals surface area contributed by atoms with E-state index in [4.69, 9.17) is 0 Å². The molecule has 5 N–H and O–H groups in total. The van der Waals surface area contributed by atoms with E-state index in [1.165, 1.54) is 17.7 Å². The summed E-state index contributed by atoms with van der Waals surface area (Å²) in [5.41, 5.74) is 2.56. The van der Waals surface area contributed by atoms with Crippen LogP contribution in [0.15, 0.2) is 60.7 Å². The SMILES string of the molecule is CCc1cccc(CNC[C@H](O)[C@H](Cc2cc(F)cc(F)c2)NC(=O)c2ccc(O)c(O)c2)c1. The largest absolute Gasteiger partial charge is 0.504 e. The molecule has 0 saturated carbocycles. The maximum absolute atomic E-state index is 13.7. The number of benzene rings is 3. The first-order valence-electron chi connectivity index (χ1n) is 11.0. The molecule has 2 atom stereocenters. The highest BCUT2D eigenvalue weighted by atomic mass is 19.1. The van der Waals surface area contributed by atoms with E-state index in [0.29, 0.717) is 6.54 Å². The topological polar surface area (TPSA) is 102 Å². The van der Waals surface area contributed by atoms with Gasteiger partial charge in [0.25, 0.3) is 5.91 Å². The Labute approximate surface area is 196 Å². The zero-order valence-electron chi connectivity index (χ0n) is 18.8. The van der Waals surface area contributed by atoms with Gasteiger partial charge in [-0.15, -0.1) is 0 Å². The highest BCUT2D eigenvalue weighted by Gasteiger charge is 2.23. The van der Waals surface area contributed by atoms with E-state index in [-0.39, 0.29) is 29.8 Å². The maximum Gasteiger partial charge on any atom is 0.251 e. The van der Waals surface area contributed by atoms with Crippen LogP contribution in [0.3, 0.4) is 0 Å². The van der Waals surface area contributed by atoms with Gasteiger partial charge in [-0.25, -0.2) is 8.78 Å². The van der Waals surface area contributed by atoms with E-state index in [1.807, 2.05) is 18.2 Å². The van der Waals surface area contributed by atoms with Crippen LogP contribution in [0.1, 0.15) is 34.0 Å². The van der Waals surface area contributed by atoms with Gasteiger partial charge in [0.2, 0.25) is 0 Å². The minimum Gasteiger partial charge on any atom is -0.504 e. The summed E-state index contributed by atoms with van der Waals surface area (Å²) in [5, 5.41) is 35.8. The lowest BCUT2D eigenvalue weighted by Gasteiger charge is -2.25. The van der Waals surface area contributed by atoms with Crippen molar-refractivity contribution in [3.63, 3.8) is 0 Å².